The first-order chi connectivity index (χ1) is 14.5. The van der Waals surface area contributed by atoms with Crippen molar-refractivity contribution in [2.24, 2.45) is 0 Å². The minimum Gasteiger partial charge on any atom is -0.477 e. The standard InChI is InChI=1S/C23H18ClN3O3/c24-15-5-6-19-17(11-15)20(16-2-1-8-26-22(16)28)21(23(29)30)27(19)12-13-3-4-14-7-9-25-18(14)10-13/h1-6,8,10-11,25H,7,9,12H2,(H,26,28)(H,29,30). The normalized spacial score (nSPS) is 12.7. The average molecular weight is 420 g/mol. The highest BCUT2D eigenvalue weighted by molar-refractivity contribution is 6.31. The molecule has 0 amide bonds. The maximum absolute atomic E-state index is 12.5. The van der Waals surface area contributed by atoms with Gasteiger partial charge in [0.15, 0.2) is 0 Å². The predicted molar refractivity (Wildman–Crippen MR) is 118 cm³/mol. The smallest absolute Gasteiger partial charge is 0.353 e. The molecule has 0 saturated carbocycles. The predicted octanol–water partition coefficient (Wildman–Crippen LogP) is 4.36. The van der Waals surface area contributed by atoms with Gasteiger partial charge in [-0.1, -0.05) is 23.7 Å². The lowest BCUT2D eigenvalue weighted by atomic mass is 10.0. The van der Waals surface area contributed by atoms with Crippen LogP contribution in [0.25, 0.3) is 22.0 Å². The van der Waals surface area contributed by atoms with Gasteiger partial charge in [0.25, 0.3) is 5.56 Å². The lowest BCUT2D eigenvalue weighted by Crippen LogP contribution is -2.13. The molecule has 0 atom stereocenters. The first kappa shape index (κ1) is 18.5. The first-order valence-electron chi connectivity index (χ1n) is 9.62. The molecule has 1 aliphatic heterocycles. The van der Waals surface area contributed by atoms with Gasteiger partial charge in [-0.3, -0.25) is 4.79 Å². The van der Waals surface area contributed by atoms with Crippen LogP contribution in [0.15, 0.2) is 59.5 Å². The van der Waals surface area contributed by atoms with Crippen LogP contribution < -0.4 is 10.9 Å². The number of aromatic nitrogens is 2. The first-order valence-corrected chi connectivity index (χ1v) is 9.99. The van der Waals surface area contributed by atoms with Crippen LogP contribution in [0, 0.1) is 0 Å². The number of benzene rings is 2. The molecule has 1 aliphatic rings. The van der Waals surface area contributed by atoms with Gasteiger partial charge in [-0.15, -0.1) is 0 Å². The molecule has 2 aromatic carbocycles. The van der Waals surface area contributed by atoms with E-state index >= 15 is 0 Å². The summed E-state index contributed by atoms with van der Waals surface area (Å²) in [4.78, 5) is 27.5. The van der Waals surface area contributed by atoms with Gasteiger partial charge < -0.3 is 20.0 Å². The fourth-order valence-corrected chi connectivity index (χ4v) is 4.40. The van der Waals surface area contributed by atoms with E-state index in [4.69, 9.17) is 11.6 Å². The van der Waals surface area contributed by atoms with Crippen LogP contribution in [0.1, 0.15) is 21.6 Å². The summed E-state index contributed by atoms with van der Waals surface area (Å²) in [6.07, 6.45) is 2.51. The Hall–Kier alpha value is -3.51. The van der Waals surface area contributed by atoms with E-state index in [2.05, 4.69) is 22.4 Å². The van der Waals surface area contributed by atoms with Gasteiger partial charge in [0.05, 0.1) is 0 Å². The number of halogens is 1. The largest absolute Gasteiger partial charge is 0.477 e. The van der Waals surface area contributed by atoms with Gasteiger partial charge >= 0.3 is 5.97 Å². The molecule has 7 heteroatoms. The van der Waals surface area contributed by atoms with Crippen molar-refractivity contribution in [3.8, 4) is 11.1 Å². The lowest BCUT2D eigenvalue weighted by molar-refractivity contribution is 0.0687. The maximum Gasteiger partial charge on any atom is 0.353 e. The highest BCUT2D eigenvalue weighted by atomic mass is 35.5. The zero-order valence-corrected chi connectivity index (χ0v) is 16.7. The number of carboxylic acid groups (broad SMARTS) is 1. The third-order valence-corrected chi connectivity index (χ3v) is 5.78. The van der Waals surface area contributed by atoms with Crippen LogP contribution in [-0.4, -0.2) is 27.2 Å². The molecule has 3 heterocycles. The molecular formula is C23H18ClN3O3. The fourth-order valence-electron chi connectivity index (χ4n) is 4.22. The molecular weight excluding hydrogens is 402 g/mol. The monoisotopic (exact) mass is 419 g/mol. The van der Waals surface area contributed by atoms with Crippen LogP contribution in [0.4, 0.5) is 5.69 Å². The fraction of sp³-hybridized carbons (Fsp3) is 0.130. The minimum absolute atomic E-state index is 0.0671. The number of carboxylic acids is 1. The Labute approximate surface area is 176 Å². The molecule has 0 aliphatic carbocycles. The highest BCUT2D eigenvalue weighted by Crippen LogP contribution is 2.36. The zero-order valence-electron chi connectivity index (χ0n) is 15.9. The highest BCUT2D eigenvalue weighted by Gasteiger charge is 2.25. The molecule has 0 fully saturated rings. The Balaban J connectivity index is 1.78. The Morgan fingerprint density at radius 3 is 2.83 bits per heavy atom. The number of H-pyrrole nitrogens is 1. The number of fused-ring (bicyclic) bond motifs is 2. The summed E-state index contributed by atoms with van der Waals surface area (Å²) in [6.45, 7) is 1.27. The summed E-state index contributed by atoms with van der Waals surface area (Å²) in [6, 6.07) is 14.7. The zero-order chi connectivity index (χ0) is 20.8. The second-order valence-electron chi connectivity index (χ2n) is 7.36. The molecule has 2 aromatic heterocycles. The third kappa shape index (κ3) is 2.97. The van der Waals surface area contributed by atoms with Gasteiger partial charge in [0, 0.05) is 52.0 Å². The molecule has 150 valence electrons. The second kappa shape index (κ2) is 7.07. The molecule has 0 spiro atoms. The van der Waals surface area contributed by atoms with Crippen molar-refractivity contribution in [2.45, 2.75) is 13.0 Å². The van der Waals surface area contributed by atoms with Crippen LogP contribution >= 0.6 is 11.6 Å². The Kier molecular flexibility index (Phi) is 4.37. The number of nitrogens with one attached hydrogen (secondary N) is 2. The third-order valence-electron chi connectivity index (χ3n) is 5.54. The molecule has 0 unspecified atom stereocenters. The summed E-state index contributed by atoms with van der Waals surface area (Å²) >= 11 is 6.23. The molecule has 0 bridgehead atoms. The maximum atomic E-state index is 12.5. The molecule has 5 rings (SSSR count). The van der Waals surface area contributed by atoms with Crippen molar-refractivity contribution in [1.29, 1.82) is 0 Å². The number of hydrogen-bond donors (Lipinski definition) is 3. The van der Waals surface area contributed by atoms with E-state index in [1.165, 1.54) is 11.8 Å². The van der Waals surface area contributed by atoms with Crippen molar-refractivity contribution in [3.05, 3.63) is 86.9 Å². The summed E-state index contributed by atoms with van der Waals surface area (Å²) < 4.78 is 1.74. The van der Waals surface area contributed by atoms with Crippen molar-refractivity contribution in [3.63, 3.8) is 0 Å². The number of rotatable bonds is 4. The van der Waals surface area contributed by atoms with E-state index in [0.29, 0.717) is 33.6 Å². The topological polar surface area (TPSA) is 87.1 Å². The van der Waals surface area contributed by atoms with Crippen LogP contribution in [0.3, 0.4) is 0 Å². The molecule has 30 heavy (non-hydrogen) atoms. The van der Waals surface area contributed by atoms with Crippen LogP contribution in [0.5, 0.6) is 0 Å². The summed E-state index contributed by atoms with van der Waals surface area (Å²) in [5, 5.41) is 14.6. The second-order valence-corrected chi connectivity index (χ2v) is 7.79. The minimum atomic E-state index is -1.10. The number of carbonyl (C=O) groups is 1. The molecule has 6 nitrogen and oxygen atoms in total. The van der Waals surface area contributed by atoms with Crippen molar-refractivity contribution in [1.82, 2.24) is 9.55 Å². The van der Waals surface area contributed by atoms with E-state index in [9.17, 15) is 14.7 Å². The van der Waals surface area contributed by atoms with E-state index in [1.807, 2.05) is 6.07 Å². The van der Waals surface area contributed by atoms with Crippen LogP contribution in [0.2, 0.25) is 5.02 Å². The van der Waals surface area contributed by atoms with E-state index in [-0.39, 0.29) is 11.3 Å². The van der Waals surface area contributed by atoms with E-state index < -0.39 is 5.97 Å². The van der Waals surface area contributed by atoms with Gasteiger partial charge in [0.2, 0.25) is 0 Å². The van der Waals surface area contributed by atoms with Gasteiger partial charge in [-0.2, -0.15) is 0 Å². The molecule has 0 saturated heterocycles. The van der Waals surface area contributed by atoms with Gasteiger partial charge in [-0.05, 0) is 53.9 Å². The summed E-state index contributed by atoms with van der Waals surface area (Å²) in [5.74, 6) is -1.10. The number of nitrogens with zero attached hydrogens (tertiary/aromatic N) is 1. The van der Waals surface area contributed by atoms with Crippen molar-refractivity contribution < 1.29 is 9.90 Å². The average Bonchev–Trinajstić information content (AvgIpc) is 3.30. The number of pyridine rings is 1. The lowest BCUT2D eigenvalue weighted by Gasteiger charge is -2.11. The number of anilines is 1. The number of aromatic carboxylic acids is 1. The number of aromatic amines is 1. The Bertz CT molecular complexity index is 1370. The quantitative estimate of drug-likeness (QED) is 0.458. The van der Waals surface area contributed by atoms with E-state index in [1.54, 1.807) is 34.9 Å². The number of hydrogen-bond acceptors (Lipinski definition) is 3. The Morgan fingerprint density at radius 2 is 2.03 bits per heavy atom. The molecule has 4 aromatic rings. The Morgan fingerprint density at radius 1 is 1.17 bits per heavy atom. The summed E-state index contributed by atoms with van der Waals surface area (Å²) in [7, 11) is 0. The van der Waals surface area contributed by atoms with Gasteiger partial charge in [0.1, 0.15) is 5.69 Å². The van der Waals surface area contributed by atoms with Crippen molar-refractivity contribution >= 4 is 34.2 Å². The van der Waals surface area contributed by atoms with Crippen molar-refractivity contribution in [2.75, 3.05) is 11.9 Å². The molecule has 3 N–H and O–H groups in total. The van der Waals surface area contributed by atoms with E-state index in [0.717, 1.165) is 24.2 Å². The van der Waals surface area contributed by atoms with Crippen LogP contribution in [-0.2, 0) is 13.0 Å². The molecule has 0 radical (unpaired) electrons. The SMILES string of the molecule is O=C(O)c1c(-c2ccc[nH]c2=O)c2cc(Cl)ccc2n1Cc1ccc2c(c1)NCC2. The van der Waals surface area contributed by atoms with Gasteiger partial charge in [-0.25, -0.2) is 4.79 Å². The summed E-state index contributed by atoms with van der Waals surface area (Å²) in [5.41, 5.74) is 4.44.